The Morgan fingerprint density at radius 3 is 2.39 bits per heavy atom. The molecule has 2 N–H and O–H groups in total. The molecule has 1 aromatic carbocycles. The summed E-state index contributed by atoms with van der Waals surface area (Å²) in [7, 11) is 1.70. The van der Waals surface area contributed by atoms with Crippen LogP contribution in [-0.2, 0) is 13.1 Å². The molecule has 2 heterocycles. The lowest BCUT2D eigenvalue weighted by molar-refractivity contribution is -1.02. The molecule has 0 aliphatic carbocycles. The molecule has 0 amide bonds. The summed E-state index contributed by atoms with van der Waals surface area (Å²) < 4.78 is 6.34. The van der Waals surface area contributed by atoms with Crippen molar-refractivity contribution in [3.63, 3.8) is 0 Å². The van der Waals surface area contributed by atoms with Gasteiger partial charge in [-0.05, 0) is 46.3 Å². The monoisotopic (exact) mass is 377 g/mol. The largest absolute Gasteiger partial charge is 0.496 e. The van der Waals surface area contributed by atoms with Gasteiger partial charge in [0.2, 0.25) is 0 Å². The Morgan fingerprint density at radius 1 is 1.04 bits per heavy atom. The van der Waals surface area contributed by atoms with E-state index < -0.39 is 0 Å². The molecule has 0 unspecified atom stereocenters. The first kappa shape index (κ1) is 16.4. The molecule has 1 aliphatic rings. The van der Waals surface area contributed by atoms with Crippen molar-refractivity contribution < 1.29 is 14.5 Å². The Labute approximate surface area is 146 Å². The average Bonchev–Trinajstić information content (AvgIpc) is 2.58. The molecule has 122 valence electrons. The molecule has 23 heavy (non-hydrogen) atoms. The number of aromatic nitrogens is 1. The third kappa shape index (κ3) is 4.53. The van der Waals surface area contributed by atoms with Crippen molar-refractivity contribution in [1.82, 2.24) is 4.98 Å². The van der Waals surface area contributed by atoms with E-state index in [1.807, 2.05) is 18.3 Å². The Bertz CT molecular complexity index is 627. The molecule has 1 aliphatic heterocycles. The number of pyridine rings is 1. The standard InChI is InChI=1S/C18H22BrN3O/c1-23-18-6-5-15(12-17(18)19)13-21-8-10-22(11-9-21)14-16-4-2-3-7-20-16/h2-7,12H,8-11,13-14H2,1H3/p+2. The van der Waals surface area contributed by atoms with Gasteiger partial charge >= 0.3 is 0 Å². The number of quaternary nitrogens is 2. The van der Waals surface area contributed by atoms with Crippen LogP contribution in [0.5, 0.6) is 5.75 Å². The van der Waals surface area contributed by atoms with E-state index >= 15 is 0 Å². The highest BCUT2D eigenvalue weighted by Gasteiger charge is 2.23. The minimum atomic E-state index is 0.897. The fourth-order valence-corrected chi connectivity index (χ4v) is 3.77. The van der Waals surface area contributed by atoms with Crippen molar-refractivity contribution in [3.05, 3.63) is 58.3 Å². The van der Waals surface area contributed by atoms with Crippen molar-refractivity contribution in [2.45, 2.75) is 13.1 Å². The van der Waals surface area contributed by atoms with Gasteiger partial charge in [-0.3, -0.25) is 4.98 Å². The Balaban J connectivity index is 1.50. The van der Waals surface area contributed by atoms with E-state index in [4.69, 9.17) is 4.74 Å². The van der Waals surface area contributed by atoms with Crippen LogP contribution in [-0.4, -0.2) is 38.3 Å². The van der Waals surface area contributed by atoms with E-state index in [-0.39, 0.29) is 0 Å². The zero-order chi connectivity index (χ0) is 16.1. The molecule has 3 rings (SSSR count). The normalized spacial score (nSPS) is 21.1. The fraction of sp³-hybridized carbons (Fsp3) is 0.389. The summed E-state index contributed by atoms with van der Waals surface area (Å²) in [4.78, 5) is 7.74. The predicted molar refractivity (Wildman–Crippen MR) is 93.7 cm³/mol. The third-order valence-corrected chi connectivity index (χ3v) is 5.11. The number of methoxy groups -OCH3 is 1. The molecule has 0 radical (unpaired) electrons. The second-order valence-electron chi connectivity index (χ2n) is 6.14. The SMILES string of the molecule is COc1ccc(C[NH+]2CC[NH+](Cc3ccccn3)CC2)cc1Br. The zero-order valence-electron chi connectivity index (χ0n) is 13.5. The maximum Gasteiger partial charge on any atom is 0.133 e. The Morgan fingerprint density at radius 2 is 1.78 bits per heavy atom. The van der Waals surface area contributed by atoms with Crippen LogP contribution in [0.2, 0.25) is 0 Å². The van der Waals surface area contributed by atoms with Gasteiger partial charge in [-0.15, -0.1) is 0 Å². The van der Waals surface area contributed by atoms with Crippen molar-refractivity contribution >= 4 is 15.9 Å². The van der Waals surface area contributed by atoms with Crippen molar-refractivity contribution in [2.24, 2.45) is 0 Å². The smallest absolute Gasteiger partial charge is 0.133 e. The minimum absolute atomic E-state index is 0.897. The highest BCUT2D eigenvalue weighted by molar-refractivity contribution is 9.10. The maximum atomic E-state index is 5.30. The van der Waals surface area contributed by atoms with Gasteiger partial charge in [-0.25, -0.2) is 0 Å². The summed E-state index contributed by atoms with van der Waals surface area (Å²) in [6.45, 7) is 6.98. The number of nitrogens with zero attached hydrogens (tertiary/aromatic N) is 1. The molecule has 2 aromatic rings. The number of benzene rings is 1. The quantitative estimate of drug-likeness (QED) is 0.786. The van der Waals surface area contributed by atoms with Gasteiger partial charge in [-0.2, -0.15) is 0 Å². The molecule has 0 atom stereocenters. The van der Waals surface area contributed by atoms with E-state index in [1.165, 1.54) is 37.4 Å². The van der Waals surface area contributed by atoms with E-state index in [9.17, 15) is 0 Å². The van der Waals surface area contributed by atoms with Gasteiger partial charge in [-0.1, -0.05) is 6.07 Å². The number of ether oxygens (including phenoxy) is 1. The number of nitrogens with one attached hydrogen (secondary N) is 2. The highest BCUT2D eigenvalue weighted by atomic mass is 79.9. The van der Waals surface area contributed by atoms with Crippen LogP contribution >= 0.6 is 15.9 Å². The van der Waals surface area contributed by atoms with Crippen LogP contribution in [0.3, 0.4) is 0 Å². The zero-order valence-corrected chi connectivity index (χ0v) is 15.1. The lowest BCUT2D eigenvalue weighted by Gasteiger charge is -2.29. The van der Waals surface area contributed by atoms with E-state index in [1.54, 1.807) is 16.9 Å². The second-order valence-corrected chi connectivity index (χ2v) is 7.00. The first-order chi connectivity index (χ1) is 11.2. The summed E-state index contributed by atoms with van der Waals surface area (Å²) in [5, 5.41) is 0. The Kier molecular flexibility index (Phi) is 5.65. The summed E-state index contributed by atoms with van der Waals surface area (Å²) in [5.74, 6) is 0.897. The lowest BCUT2D eigenvalue weighted by atomic mass is 10.2. The number of hydrogen-bond donors (Lipinski definition) is 2. The summed E-state index contributed by atoms with van der Waals surface area (Å²) >= 11 is 3.57. The molecule has 1 fully saturated rings. The molecule has 1 aromatic heterocycles. The van der Waals surface area contributed by atoms with Crippen LogP contribution in [0.4, 0.5) is 0 Å². The molecule has 0 saturated carbocycles. The molecular weight excluding hydrogens is 354 g/mol. The lowest BCUT2D eigenvalue weighted by Crippen LogP contribution is -3.27. The van der Waals surface area contributed by atoms with Gasteiger partial charge < -0.3 is 14.5 Å². The third-order valence-electron chi connectivity index (χ3n) is 4.49. The predicted octanol–water partition coefficient (Wildman–Crippen LogP) is 0.336. The molecule has 0 bridgehead atoms. The van der Waals surface area contributed by atoms with Gasteiger partial charge in [0.15, 0.2) is 0 Å². The van der Waals surface area contributed by atoms with Gasteiger partial charge in [0, 0.05) is 11.8 Å². The average molecular weight is 378 g/mol. The fourth-order valence-electron chi connectivity index (χ4n) is 3.18. The molecule has 1 saturated heterocycles. The summed E-state index contributed by atoms with van der Waals surface area (Å²) in [5.41, 5.74) is 2.56. The number of halogens is 1. The number of rotatable bonds is 5. The number of piperazine rings is 1. The van der Waals surface area contributed by atoms with E-state index in [2.05, 4.69) is 45.2 Å². The van der Waals surface area contributed by atoms with Crippen LogP contribution in [0, 0.1) is 0 Å². The second kappa shape index (κ2) is 7.90. The van der Waals surface area contributed by atoms with Crippen molar-refractivity contribution in [2.75, 3.05) is 33.3 Å². The summed E-state index contributed by atoms with van der Waals surface area (Å²) in [6, 6.07) is 12.6. The molecule has 5 heteroatoms. The molecule has 0 spiro atoms. The molecular formula is C18H24BrN3O+2. The van der Waals surface area contributed by atoms with Gasteiger partial charge in [0.05, 0.1) is 17.3 Å². The highest BCUT2D eigenvalue weighted by Crippen LogP contribution is 2.25. The van der Waals surface area contributed by atoms with Crippen molar-refractivity contribution in [1.29, 1.82) is 0 Å². The maximum absolute atomic E-state index is 5.30. The topological polar surface area (TPSA) is 31.0 Å². The first-order valence-corrected chi connectivity index (χ1v) is 8.93. The minimum Gasteiger partial charge on any atom is -0.496 e. The van der Waals surface area contributed by atoms with E-state index in [0.29, 0.717) is 0 Å². The number of hydrogen-bond acceptors (Lipinski definition) is 2. The Hall–Kier alpha value is -1.43. The van der Waals surface area contributed by atoms with Crippen LogP contribution in [0.25, 0.3) is 0 Å². The molecule has 4 nitrogen and oxygen atoms in total. The van der Waals surface area contributed by atoms with Gasteiger partial charge in [0.25, 0.3) is 0 Å². The van der Waals surface area contributed by atoms with Crippen LogP contribution in [0.1, 0.15) is 11.3 Å². The van der Waals surface area contributed by atoms with Crippen LogP contribution in [0.15, 0.2) is 47.1 Å². The van der Waals surface area contributed by atoms with Crippen LogP contribution < -0.4 is 14.5 Å². The van der Waals surface area contributed by atoms with Gasteiger partial charge in [0.1, 0.15) is 45.0 Å². The first-order valence-electron chi connectivity index (χ1n) is 8.14. The van der Waals surface area contributed by atoms with Crippen molar-refractivity contribution in [3.8, 4) is 5.75 Å². The summed E-state index contributed by atoms with van der Waals surface area (Å²) in [6.07, 6.45) is 1.89. The van der Waals surface area contributed by atoms with E-state index in [0.717, 1.165) is 23.3 Å².